The number of hydrogen-bond acceptors (Lipinski definition) is 1. The monoisotopic (exact) mass is 155 g/mol. The zero-order valence-electron chi connectivity index (χ0n) is 6.64. The van der Waals surface area contributed by atoms with E-state index in [-0.39, 0.29) is 0 Å². The van der Waals surface area contributed by atoms with Crippen LogP contribution in [-0.2, 0) is 0 Å². The highest BCUT2D eigenvalue weighted by Gasteiger charge is 3.04. The molecule has 4 unspecified atom stereocenters. The molecule has 58 valence electrons. The van der Waals surface area contributed by atoms with Gasteiger partial charge in [-0.2, -0.15) is 5.26 Å². The lowest BCUT2D eigenvalue weighted by Gasteiger charge is -2.06. The van der Waals surface area contributed by atoms with E-state index in [0.29, 0.717) is 5.41 Å². The van der Waals surface area contributed by atoms with Crippen LogP contribution in [0.3, 0.4) is 0 Å². The molecule has 0 aromatic carbocycles. The largest absolute Gasteiger partial charge is 0.198 e. The van der Waals surface area contributed by atoms with E-state index in [1.54, 1.807) is 0 Å². The lowest BCUT2D eigenvalue weighted by molar-refractivity contribution is 0.407. The van der Waals surface area contributed by atoms with Gasteiger partial charge in [0.2, 0.25) is 0 Å². The first kappa shape index (κ1) is 4.65. The van der Waals surface area contributed by atoms with Gasteiger partial charge in [-0.1, -0.05) is 0 Å². The highest BCUT2D eigenvalue weighted by molar-refractivity contribution is 5.53. The van der Waals surface area contributed by atoms with Crippen LogP contribution >= 0.6 is 0 Å². The third-order valence-electron chi connectivity index (χ3n) is 6.51. The number of rotatable bonds is 0. The van der Waals surface area contributed by atoms with Crippen LogP contribution in [0.15, 0.2) is 0 Å². The zero-order valence-corrected chi connectivity index (χ0v) is 6.64. The summed E-state index contributed by atoms with van der Waals surface area (Å²) in [4.78, 5) is 0. The van der Waals surface area contributed by atoms with Gasteiger partial charge in [-0.05, 0) is 53.3 Å². The van der Waals surface area contributed by atoms with Crippen LogP contribution in [0.25, 0.3) is 0 Å². The van der Waals surface area contributed by atoms with Crippen molar-refractivity contribution in [2.24, 2.45) is 58.7 Å². The van der Waals surface area contributed by atoms with Crippen molar-refractivity contribution in [3.8, 4) is 6.07 Å². The molecule has 12 heavy (non-hydrogen) atoms. The van der Waals surface area contributed by atoms with Crippen molar-refractivity contribution >= 4 is 0 Å². The van der Waals surface area contributed by atoms with E-state index in [2.05, 4.69) is 6.07 Å². The number of nitriles is 1. The van der Waals surface area contributed by atoms with E-state index in [4.69, 9.17) is 5.26 Å². The van der Waals surface area contributed by atoms with E-state index < -0.39 is 0 Å². The highest BCUT2D eigenvalue weighted by Crippen LogP contribution is 3.05. The molecule has 0 amide bonds. The van der Waals surface area contributed by atoms with E-state index in [0.717, 1.165) is 41.4 Å². The fraction of sp³-hybridized carbons (Fsp3) is 0.909. The smallest absolute Gasteiger partial charge is 0.0699 e. The van der Waals surface area contributed by atoms with Gasteiger partial charge in [-0.25, -0.2) is 0 Å². The van der Waals surface area contributed by atoms with Crippen molar-refractivity contribution in [3.05, 3.63) is 0 Å². The summed E-state index contributed by atoms with van der Waals surface area (Å²) in [6.45, 7) is 0. The average molecular weight is 155 g/mol. The Bertz CT molecular complexity index is 370. The topological polar surface area (TPSA) is 23.8 Å². The fourth-order valence-corrected chi connectivity index (χ4v) is 6.23. The summed E-state index contributed by atoms with van der Waals surface area (Å²) in [5.41, 5.74) is 0.312. The Balaban J connectivity index is 1.64. The number of nitrogens with zero attached hydrogens (tertiary/aromatic N) is 1. The van der Waals surface area contributed by atoms with Crippen molar-refractivity contribution in [2.75, 3.05) is 0 Å². The highest BCUT2D eigenvalue weighted by atomic mass is 15.1. The predicted octanol–water partition coefficient (Wildman–Crippen LogP) is 1.12. The molecule has 8 saturated carbocycles. The molecule has 0 aromatic rings. The maximum Gasteiger partial charge on any atom is 0.0699 e. The third kappa shape index (κ3) is 0.187. The van der Waals surface area contributed by atoms with Gasteiger partial charge in [0.25, 0.3) is 0 Å². The van der Waals surface area contributed by atoms with Gasteiger partial charge in [0.05, 0.1) is 11.5 Å². The Kier molecular flexibility index (Phi) is 0.326. The zero-order chi connectivity index (χ0) is 7.40. The van der Waals surface area contributed by atoms with Crippen LogP contribution in [0.5, 0.6) is 0 Å². The minimum Gasteiger partial charge on any atom is -0.198 e. The molecule has 1 heteroatoms. The Labute approximate surface area is 70.7 Å². The van der Waals surface area contributed by atoms with Crippen molar-refractivity contribution in [1.29, 1.82) is 5.26 Å². The van der Waals surface area contributed by atoms with Crippen LogP contribution in [0.2, 0.25) is 0 Å². The van der Waals surface area contributed by atoms with Gasteiger partial charge in [-0.3, -0.25) is 0 Å². The van der Waals surface area contributed by atoms with Crippen molar-refractivity contribution in [2.45, 2.75) is 0 Å². The normalized spacial score (nSPS) is 97.4. The van der Waals surface area contributed by atoms with Gasteiger partial charge >= 0.3 is 0 Å². The molecular formula is C11H9N. The SMILES string of the molecule is N#CC12C3[C@@H]1[C@@H]1C4C5C4C5[C@@H]1[C@H]32. The van der Waals surface area contributed by atoms with Gasteiger partial charge in [-0.15, -0.1) is 0 Å². The molecule has 1 nitrogen and oxygen atoms in total. The quantitative estimate of drug-likeness (QED) is 0.514. The lowest BCUT2D eigenvalue weighted by Crippen LogP contribution is -2.06. The average Bonchev–Trinajstić information content (AvgIpc) is 2.95. The summed E-state index contributed by atoms with van der Waals surface area (Å²) in [6.07, 6.45) is 0. The second-order valence-corrected chi connectivity index (χ2v) is 6.09. The Morgan fingerprint density at radius 3 is 1.67 bits per heavy atom. The first-order chi connectivity index (χ1) is 5.93. The molecule has 8 fully saturated rings. The molecular weight excluding hydrogens is 146 g/mol. The first-order valence-corrected chi connectivity index (χ1v) is 5.34. The predicted molar refractivity (Wildman–Crippen MR) is 39.5 cm³/mol. The molecule has 8 atom stereocenters. The lowest BCUT2D eigenvalue weighted by atomic mass is 9.96. The Morgan fingerprint density at radius 2 is 1.25 bits per heavy atom. The standard InChI is InChI=1S/C11H9N/c12-1-11-8-6-4-2-3(4)5(2)7(6)9(11)10(8)11/h2-10H/t2?,3?,4?,5?,6-,7+,8+,9-,10?,11?. The van der Waals surface area contributed by atoms with Crippen LogP contribution in [0.1, 0.15) is 0 Å². The van der Waals surface area contributed by atoms with Crippen molar-refractivity contribution < 1.29 is 0 Å². The second kappa shape index (κ2) is 0.842. The van der Waals surface area contributed by atoms with Gasteiger partial charge in [0, 0.05) is 0 Å². The van der Waals surface area contributed by atoms with Crippen LogP contribution in [0, 0.1) is 70.0 Å². The van der Waals surface area contributed by atoms with E-state index in [1.807, 2.05) is 0 Å². The Hall–Kier alpha value is -0.510. The summed E-state index contributed by atoms with van der Waals surface area (Å²) < 4.78 is 0. The number of hydrogen-bond donors (Lipinski definition) is 0. The summed E-state index contributed by atoms with van der Waals surface area (Å²) in [5, 5.41) is 9.10. The van der Waals surface area contributed by atoms with E-state index in [9.17, 15) is 0 Å². The maximum atomic E-state index is 9.10. The van der Waals surface area contributed by atoms with E-state index in [1.165, 1.54) is 11.8 Å². The Morgan fingerprint density at radius 1 is 0.750 bits per heavy atom. The van der Waals surface area contributed by atoms with Crippen LogP contribution in [-0.4, -0.2) is 0 Å². The minimum atomic E-state index is 0.312. The summed E-state index contributed by atoms with van der Waals surface area (Å²) >= 11 is 0. The van der Waals surface area contributed by atoms with Crippen LogP contribution < -0.4 is 0 Å². The fourth-order valence-electron chi connectivity index (χ4n) is 6.23. The third-order valence-corrected chi connectivity index (χ3v) is 6.51. The molecule has 0 spiro atoms. The molecule has 4 bridgehead atoms. The van der Waals surface area contributed by atoms with Gasteiger partial charge < -0.3 is 0 Å². The summed E-state index contributed by atoms with van der Waals surface area (Å²) in [7, 11) is 0. The summed E-state index contributed by atoms with van der Waals surface area (Å²) in [6, 6.07) is 2.63. The molecule has 0 N–H and O–H groups in total. The minimum absolute atomic E-state index is 0.312. The van der Waals surface area contributed by atoms with Gasteiger partial charge in [0.1, 0.15) is 0 Å². The maximum absolute atomic E-state index is 9.10. The first-order valence-electron chi connectivity index (χ1n) is 5.34. The molecule has 0 aliphatic heterocycles. The molecule has 0 heterocycles. The molecule has 0 saturated heterocycles. The summed E-state index contributed by atoms with van der Waals surface area (Å²) in [5.74, 6) is 9.71. The van der Waals surface area contributed by atoms with Crippen LogP contribution in [0.4, 0.5) is 0 Å². The molecule has 8 aliphatic rings. The molecule has 0 radical (unpaired) electrons. The second-order valence-electron chi connectivity index (χ2n) is 6.09. The molecule has 0 aromatic heterocycles. The van der Waals surface area contributed by atoms with Gasteiger partial charge in [0.15, 0.2) is 0 Å². The van der Waals surface area contributed by atoms with E-state index >= 15 is 0 Å². The van der Waals surface area contributed by atoms with Crippen molar-refractivity contribution in [1.82, 2.24) is 0 Å². The molecule has 8 rings (SSSR count). The van der Waals surface area contributed by atoms with Crippen molar-refractivity contribution in [3.63, 3.8) is 0 Å². The molecule has 8 aliphatic carbocycles.